The maximum absolute atomic E-state index is 12.8. The van der Waals surface area contributed by atoms with Crippen LogP contribution in [0.15, 0.2) is 6.07 Å². The van der Waals surface area contributed by atoms with Crippen molar-refractivity contribution in [2.45, 2.75) is 51.7 Å². The number of nitrogens with zero attached hydrogens (tertiary/aromatic N) is 2. The lowest BCUT2D eigenvalue weighted by Gasteiger charge is -2.21. The molecular formula is C14H21F3N4. The van der Waals surface area contributed by atoms with Crippen molar-refractivity contribution < 1.29 is 13.2 Å². The van der Waals surface area contributed by atoms with Gasteiger partial charge in [-0.1, -0.05) is 12.8 Å². The summed E-state index contributed by atoms with van der Waals surface area (Å²) in [5.74, 6) is -0.187. The van der Waals surface area contributed by atoms with Gasteiger partial charge in [-0.15, -0.1) is 0 Å². The molecule has 2 rings (SSSR count). The maximum Gasteiger partial charge on any atom is 0.451 e. The van der Waals surface area contributed by atoms with E-state index in [0.717, 1.165) is 12.8 Å². The van der Waals surface area contributed by atoms with Crippen LogP contribution < -0.4 is 10.6 Å². The molecule has 1 aliphatic carbocycles. The van der Waals surface area contributed by atoms with Crippen LogP contribution in [0.5, 0.6) is 0 Å². The minimum atomic E-state index is -4.54. The number of halogens is 3. The monoisotopic (exact) mass is 302 g/mol. The lowest BCUT2D eigenvalue weighted by molar-refractivity contribution is -0.144. The first-order chi connectivity index (χ1) is 9.90. The summed E-state index contributed by atoms with van der Waals surface area (Å²) >= 11 is 0. The lowest BCUT2D eigenvalue weighted by atomic mass is 10.00. The molecule has 0 aliphatic heterocycles. The van der Waals surface area contributed by atoms with Crippen molar-refractivity contribution in [2.75, 3.05) is 17.2 Å². The van der Waals surface area contributed by atoms with E-state index in [2.05, 4.69) is 20.6 Å². The number of alkyl halides is 3. The maximum atomic E-state index is 12.8. The number of aromatic nitrogens is 2. The second-order valence-electron chi connectivity index (χ2n) is 5.47. The molecule has 0 aromatic carbocycles. The van der Waals surface area contributed by atoms with Crippen LogP contribution in [0.4, 0.5) is 24.8 Å². The van der Waals surface area contributed by atoms with Gasteiger partial charge in [0.15, 0.2) is 0 Å². The summed E-state index contributed by atoms with van der Waals surface area (Å²) in [5, 5.41) is 5.92. The van der Waals surface area contributed by atoms with E-state index in [1.807, 2.05) is 13.8 Å². The first-order valence-electron chi connectivity index (χ1n) is 7.37. The van der Waals surface area contributed by atoms with Gasteiger partial charge in [-0.3, -0.25) is 0 Å². The topological polar surface area (TPSA) is 49.8 Å². The Bertz CT molecular complexity index is 470. The van der Waals surface area contributed by atoms with Crippen molar-refractivity contribution in [1.82, 2.24) is 9.97 Å². The SMILES string of the molecule is CCNc1cc(NC(C)C2CCCC2)nc(C(F)(F)F)n1. The van der Waals surface area contributed by atoms with Gasteiger partial charge in [0.1, 0.15) is 11.6 Å². The third-order valence-corrected chi connectivity index (χ3v) is 3.82. The van der Waals surface area contributed by atoms with Gasteiger partial charge in [0.05, 0.1) is 0 Å². The predicted molar refractivity (Wildman–Crippen MR) is 76.2 cm³/mol. The van der Waals surface area contributed by atoms with Gasteiger partial charge in [-0.25, -0.2) is 9.97 Å². The van der Waals surface area contributed by atoms with Gasteiger partial charge < -0.3 is 10.6 Å². The van der Waals surface area contributed by atoms with Crippen LogP contribution >= 0.6 is 0 Å². The third kappa shape index (κ3) is 4.22. The first-order valence-corrected chi connectivity index (χ1v) is 7.37. The van der Waals surface area contributed by atoms with Crippen molar-refractivity contribution in [2.24, 2.45) is 5.92 Å². The molecule has 7 heteroatoms. The Kier molecular flexibility index (Phi) is 4.90. The van der Waals surface area contributed by atoms with Crippen LogP contribution in [-0.2, 0) is 6.18 Å². The summed E-state index contributed by atoms with van der Waals surface area (Å²) in [6.45, 7) is 4.31. The van der Waals surface area contributed by atoms with E-state index in [0.29, 0.717) is 12.5 Å². The smallest absolute Gasteiger partial charge is 0.370 e. The largest absolute Gasteiger partial charge is 0.451 e. The number of rotatable bonds is 5. The lowest BCUT2D eigenvalue weighted by Crippen LogP contribution is -2.25. The Labute approximate surface area is 122 Å². The molecule has 2 N–H and O–H groups in total. The minimum Gasteiger partial charge on any atom is -0.370 e. The molecule has 0 saturated heterocycles. The van der Waals surface area contributed by atoms with Gasteiger partial charge in [-0.05, 0) is 32.6 Å². The molecule has 0 radical (unpaired) electrons. The average Bonchev–Trinajstić information content (AvgIpc) is 2.91. The summed E-state index contributed by atoms with van der Waals surface area (Å²) in [6, 6.07) is 1.64. The molecule has 1 aliphatic rings. The summed E-state index contributed by atoms with van der Waals surface area (Å²) in [7, 11) is 0. The summed E-state index contributed by atoms with van der Waals surface area (Å²) < 4.78 is 38.5. The van der Waals surface area contributed by atoms with Gasteiger partial charge in [0, 0.05) is 18.7 Å². The zero-order valence-electron chi connectivity index (χ0n) is 12.3. The number of anilines is 2. The molecule has 4 nitrogen and oxygen atoms in total. The van der Waals surface area contributed by atoms with Gasteiger partial charge in [0.25, 0.3) is 0 Å². The number of hydrogen-bond donors (Lipinski definition) is 2. The molecule has 1 heterocycles. The Morgan fingerprint density at radius 2 is 1.86 bits per heavy atom. The molecule has 118 valence electrons. The highest BCUT2D eigenvalue weighted by molar-refractivity contribution is 5.48. The van der Waals surface area contributed by atoms with Gasteiger partial charge in [-0.2, -0.15) is 13.2 Å². The van der Waals surface area contributed by atoms with Gasteiger partial charge in [0.2, 0.25) is 5.82 Å². The average molecular weight is 302 g/mol. The fraction of sp³-hybridized carbons (Fsp3) is 0.714. The van der Waals surface area contributed by atoms with Crippen LogP contribution in [0.3, 0.4) is 0 Å². The fourth-order valence-corrected chi connectivity index (χ4v) is 2.73. The van der Waals surface area contributed by atoms with Crippen LogP contribution in [0, 0.1) is 5.92 Å². The molecule has 1 unspecified atom stereocenters. The van der Waals surface area contributed by atoms with Crippen LogP contribution in [-0.4, -0.2) is 22.6 Å². The highest BCUT2D eigenvalue weighted by Gasteiger charge is 2.35. The van der Waals surface area contributed by atoms with E-state index in [-0.39, 0.29) is 17.7 Å². The Morgan fingerprint density at radius 1 is 1.24 bits per heavy atom. The first kappa shape index (κ1) is 15.9. The zero-order chi connectivity index (χ0) is 15.5. The van der Waals surface area contributed by atoms with Crippen LogP contribution in [0.25, 0.3) is 0 Å². The molecule has 21 heavy (non-hydrogen) atoms. The summed E-state index contributed by atoms with van der Waals surface area (Å²) in [4.78, 5) is 7.12. The predicted octanol–water partition coefficient (Wildman–Crippen LogP) is 3.92. The van der Waals surface area contributed by atoms with Crippen LogP contribution in [0.1, 0.15) is 45.4 Å². The molecule has 1 atom stereocenters. The molecule has 1 fully saturated rings. The van der Waals surface area contributed by atoms with Crippen molar-refractivity contribution in [3.63, 3.8) is 0 Å². The Hall–Kier alpha value is -1.53. The second-order valence-corrected chi connectivity index (χ2v) is 5.47. The van der Waals surface area contributed by atoms with Crippen molar-refractivity contribution in [3.05, 3.63) is 11.9 Å². The summed E-state index contributed by atoms with van der Waals surface area (Å²) in [5.41, 5.74) is 0. The van der Waals surface area contributed by atoms with Crippen molar-refractivity contribution in [1.29, 1.82) is 0 Å². The Balaban J connectivity index is 2.18. The zero-order valence-corrected chi connectivity index (χ0v) is 12.3. The standard InChI is InChI=1S/C14H21F3N4/c1-3-18-11-8-12(21-13(20-11)14(15,16)17)19-9(2)10-6-4-5-7-10/h8-10H,3-7H2,1-2H3,(H2,18,19,20,21). The third-order valence-electron chi connectivity index (χ3n) is 3.82. The highest BCUT2D eigenvalue weighted by Crippen LogP contribution is 2.31. The normalized spacial score (nSPS) is 17.8. The van der Waals surface area contributed by atoms with E-state index < -0.39 is 12.0 Å². The molecule has 0 amide bonds. The van der Waals surface area contributed by atoms with Crippen LogP contribution in [0.2, 0.25) is 0 Å². The molecule has 0 bridgehead atoms. The highest BCUT2D eigenvalue weighted by atomic mass is 19.4. The number of nitrogens with one attached hydrogen (secondary N) is 2. The Morgan fingerprint density at radius 3 is 2.43 bits per heavy atom. The molecule has 1 aromatic heterocycles. The van der Waals surface area contributed by atoms with Crippen molar-refractivity contribution >= 4 is 11.6 Å². The van der Waals surface area contributed by atoms with E-state index in [4.69, 9.17) is 0 Å². The fourth-order valence-electron chi connectivity index (χ4n) is 2.73. The minimum absolute atomic E-state index is 0.109. The summed E-state index contributed by atoms with van der Waals surface area (Å²) in [6.07, 6.45) is 0.0726. The quantitative estimate of drug-likeness (QED) is 0.865. The van der Waals surface area contributed by atoms with E-state index in [1.165, 1.54) is 18.9 Å². The molecule has 0 spiro atoms. The van der Waals surface area contributed by atoms with E-state index >= 15 is 0 Å². The molecule has 1 aromatic rings. The molecule has 1 saturated carbocycles. The van der Waals surface area contributed by atoms with Crippen molar-refractivity contribution in [3.8, 4) is 0 Å². The van der Waals surface area contributed by atoms with E-state index in [1.54, 1.807) is 0 Å². The molecular weight excluding hydrogens is 281 g/mol. The number of hydrogen-bond acceptors (Lipinski definition) is 4. The second kappa shape index (κ2) is 6.49. The van der Waals surface area contributed by atoms with E-state index in [9.17, 15) is 13.2 Å². The van der Waals surface area contributed by atoms with Gasteiger partial charge >= 0.3 is 6.18 Å².